The van der Waals surface area contributed by atoms with E-state index in [1.54, 1.807) is 0 Å². The number of carbonyl (C=O) groups excluding carboxylic acids is 2. The first kappa shape index (κ1) is 20.1. The summed E-state index contributed by atoms with van der Waals surface area (Å²) in [6, 6.07) is 21.5. The summed E-state index contributed by atoms with van der Waals surface area (Å²) < 4.78 is 0. The molecule has 0 unspecified atom stereocenters. The van der Waals surface area contributed by atoms with E-state index in [4.69, 9.17) is 5.73 Å². The number of nitrogens with one attached hydrogen (secondary N) is 1. The molecule has 3 amide bonds. The molecule has 0 saturated carbocycles. The number of fused-ring (bicyclic) bond motifs is 3. The van der Waals surface area contributed by atoms with Crippen LogP contribution >= 0.6 is 0 Å². The van der Waals surface area contributed by atoms with Gasteiger partial charge in [-0.2, -0.15) is 0 Å². The summed E-state index contributed by atoms with van der Waals surface area (Å²) in [4.78, 5) is 29.2. The SMILES string of the molecule is NC(=O)Nc1cccc2c1CCCN2CC(=O)N1c2ccccc2CCc2ccccc21. The van der Waals surface area contributed by atoms with Crippen LogP contribution in [0.3, 0.4) is 0 Å². The lowest BCUT2D eigenvalue weighted by molar-refractivity contribution is -0.116. The zero-order valence-corrected chi connectivity index (χ0v) is 17.9. The topological polar surface area (TPSA) is 78.7 Å². The Morgan fingerprint density at radius 2 is 1.44 bits per heavy atom. The van der Waals surface area contributed by atoms with Crippen LogP contribution in [0.4, 0.5) is 27.5 Å². The quantitative estimate of drug-likeness (QED) is 0.652. The molecule has 6 nitrogen and oxygen atoms in total. The number of para-hydroxylation sites is 2. The van der Waals surface area contributed by atoms with Crippen LogP contribution in [-0.2, 0) is 24.1 Å². The lowest BCUT2D eigenvalue weighted by Gasteiger charge is -2.34. The standard InChI is InChI=1S/C26H26N4O2/c27-26(32)28-21-10-5-13-24-20(21)9-6-16-29(24)17-25(31)30-22-11-3-1-7-18(22)14-15-19-8-2-4-12-23(19)30/h1-5,7-8,10-13H,6,9,14-17H2,(H3,27,28,32). The van der Waals surface area contributed by atoms with Gasteiger partial charge >= 0.3 is 6.03 Å². The van der Waals surface area contributed by atoms with Gasteiger partial charge in [-0.3, -0.25) is 9.69 Å². The summed E-state index contributed by atoms with van der Waals surface area (Å²) in [5, 5.41) is 2.72. The number of hydrogen-bond acceptors (Lipinski definition) is 3. The fraction of sp³-hybridized carbons (Fsp3) is 0.231. The minimum Gasteiger partial charge on any atom is -0.362 e. The number of nitrogens with zero attached hydrogens (tertiary/aromatic N) is 2. The second-order valence-corrected chi connectivity index (χ2v) is 8.30. The van der Waals surface area contributed by atoms with Gasteiger partial charge in [-0.25, -0.2) is 4.79 Å². The van der Waals surface area contributed by atoms with E-state index in [1.807, 2.05) is 59.5 Å². The van der Waals surface area contributed by atoms with Gasteiger partial charge in [0.05, 0.1) is 17.9 Å². The third-order valence-electron chi connectivity index (χ3n) is 6.31. The number of hydrogen-bond donors (Lipinski definition) is 2. The molecule has 2 heterocycles. The lowest BCUT2D eigenvalue weighted by atomic mass is 9.99. The third kappa shape index (κ3) is 3.68. The van der Waals surface area contributed by atoms with Crippen molar-refractivity contribution in [3.8, 4) is 0 Å². The summed E-state index contributed by atoms with van der Waals surface area (Å²) in [5.74, 6) is 0.0351. The molecule has 2 aliphatic heterocycles. The monoisotopic (exact) mass is 426 g/mol. The van der Waals surface area contributed by atoms with E-state index in [2.05, 4.69) is 22.3 Å². The molecule has 0 atom stereocenters. The number of benzene rings is 3. The van der Waals surface area contributed by atoms with Crippen LogP contribution < -0.4 is 20.9 Å². The summed E-state index contributed by atoms with van der Waals surface area (Å²) in [6.45, 7) is 1.05. The van der Waals surface area contributed by atoms with E-state index in [0.29, 0.717) is 0 Å². The molecule has 0 aliphatic carbocycles. The number of carbonyl (C=O) groups is 2. The fourth-order valence-electron chi connectivity index (χ4n) is 4.90. The molecule has 0 aromatic heterocycles. The molecule has 3 aromatic rings. The Balaban J connectivity index is 1.50. The highest BCUT2D eigenvalue weighted by Gasteiger charge is 2.28. The largest absolute Gasteiger partial charge is 0.362 e. The van der Waals surface area contributed by atoms with E-state index in [0.717, 1.165) is 60.5 Å². The maximum Gasteiger partial charge on any atom is 0.316 e. The molecule has 0 spiro atoms. The minimum atomic E-state index is -0.579. The summed E-state index contributed by atoms with van der Waals surface area (Å²) in [7, 11) is 0. The van der Waals surface area contributed by atoms with Crippen molar-refractivity contribution in [3.63, 3.8) is 0 Å². The third-order valence-corrected chi connectivity index (χ3v) is 6.31. The van der Waals surface area contributed by atoms with E-state index < -0.39 is 6.03 Å². The molecule has 2 aliphatic rings. The van der Waals surface area contributed by atoms with Crippen molar-refractivity contribution in [1.82, 2.24) is 0 Å². The summed E-state index contributed by atoms with van der Waals surface area (Å²) in [5.41, 5.74) is 12.4. The molecule has 32 heavy (non-hydrogen) atoms. The highest BCUT2D eigenvalue weighted by atomic mass is 16.2. The Bertz CT molecular complexity index is 1140. The van der Waals surface area contributed by atoms with Gasteiger partial charge in [0, 0.05) is 17.9 Å². The van der Waals surface area contributed by atoms with Crippen molar-refractivity contribution in [1.29, 1.82) is 0 Å². The number of aryl methyl sites for hydroxylation is 2. The van der Waals surface area contributed by atoms with Crippen molar-refractivity contribution >= 4 is 34.7 Å². The molecular weight excluding hydrogens is 400 g/mol. The highest BCUT2D eigenvalue weighted by molar-refractivity contribution is 6.04. The Morgan fingerprint density at radius 3 is 2.09 bits per heavy atom. The van der Waals surface area contributed by atoms with Gasteiger partial charge in [0.15, 0.2) is 0 Å². The smallest absolute Gasteiger partial charge is 0.316 e. The Hall–Kier alpha value is -3.80. The van der Waals surface area contributed by atoms with E-state index >= 15 is 0 Å². The summed E-state index contributed by atoms with van der Waals surface area (Å²) >= 11 is 0. The predicted molar refractivity (Wildman–Crippen MR) is 128 cm³/mol. The zero-order chi connectivity index (χ0) is 22.1. The van der Waals surface area contributed by atoms with Crippen molar-refractivity contribution in [3.05, 3.63) is 83.4 Å². The maximum absolute atomic E-state index is 13.8. The van der Waals surface area contributed by atoms with Gasteiger partial charge in [-0.15, -0.1) is 0 Å². The number of nitrogens with two attached hydrogens (primary N) is 1. The number of anilines is 4. The minimum absolute atomic E-state index is 0.0351. The highest BCUT2D eigenvalue weighted by Crippen LogP contribution is 2.37. The molecule has 3 N–H and O–H groups in total. The zero-order valence-electron chi connectivity index (χ0n) is 17.9. The van der Waals surface area contributed by atoms with Crippen molar-refractivity contribution in [2.75, 3.05) is 28.2 Å². The van der Waals surface area contributed by atoms with Crippen LogP contribution in [0.25, 0.3) is 0 Å². The Morgan fingerprint density at radius 1 is 0.812 bits per heavy atom. The first-order chi connectivity index (χ1) is 15.6. The first-order valence-electron chi connectivity index (χ1n) is 11.0. The van der Waals surface area contributed by atoms with Crippen LogP contribution in [0.2, 0.25) is 0 Å². The van der Waals surface area contributed by atoms with E-state index in [9.17, 15) is 9.59 Å². The average molecular weight is 427 g/mol. The second-order valence-electron chi connectivity index (χ2n) is 8.30. The molecule has 0 radical (unpaired) electrons. The van der Waals surface area contributed by atoms with Gasteiger partial charge in [-0.1, -0.05) is 42.5 Å². The average Bonchev–Trinajstić information content (AvgIpc) is 2.96. The number of amides is 3. The van der Waals surface area contributed by atoms with E-state index in [1.165, 1.54) is 11.1 Å². The van der Waals surface area contributed by atoms with Crippen molar-refractivity contribution in [2.24, 2.45) is 5.73 Å². The van der Waals surface area contributed by atoms with Crippen LogP contribution in [-0.4, -0.2) is 25.0 Å². The maximum atomic E-state index is 13.8. The van der Waals surface area contributed by atoms with Gasteiger partial charge in [0.2, 0.25) is 0 Å². The molecule has 162 valence electrons. The molecule has 5 rings (SSSR count). The Labute approximate surface area is 187 Å². The molecule has 0 saturated heterocycles. The number of urea groups is 1. The molecule has 0 bridgehead atoms. The predicted octanol–water partition coefficient (Wildman–Crippen LogP) is 4.39. The number of primary amides is 1. The van der Waals surface area contributed by atoms with Gasteiger partial charge in [-0.05, 0) is 66.6 Å². The normalized spacial score (nSPS) is 14.6. The van der Waals surface area contributed by atoms with Crippen molar-refractivity contribution in [2.45, 2.75) is 25.7 Å². The van der Waals surface area contributed by atoms with Crippen LogP contribution in [0, 0.1) is 0 Å². The van der Waals surface area contributed by atoms with Gasteiger partial charge in [0.25, 0.3) is 5.91 Å². The first-order valence-corrected chi connectivity index (χ1v) is 11.0. The lowest BCUT2D eigenvalue weighted by Crippen LogP contribution is -2.41. The van der Waals surface area contributed by atoms with Crippen LogP contribution in [0.1, 0.15) is 23.1 Å². The van der Waals surface area contributed by atoms with E-state index in [-0.39, 0.29) is 12.5 Å². The van der Waals surface area contributed by atoms with Crippen molar-refractivity contribution < 1.29 is 9.59 Å². The van der Waals surface area contributed by atoms with Crippen LogP contribution in [0.15, 0.2) is 66.7 Å². The number of rotatable bonds is 3. The van der Waals surface area contributed by atoms with Gasteiger partial charge in [0.1, 0.15) is 0 Å². The molecular formula is C26H26N4O2. The van der Waals surface area contributed by atoms with Crippen LogP contribution in [0.5, 0.6) is 0 Å². The molecule has 6 heteroatoms. The molecule has 0 fully saturated rings. The van der Waals surface area contributed by atoms with Gasteiger partial charge < -0.3 is 16.0 Å². The molecule has 3 aromatic carbocycles. The summed E-state index contributed by atoms with van der Waals surface area (Å²) in [6.07, 6.45) is 3.56. The Kier molecular flexibility index (Phi) is 5.27. The second kappa shape index (κ2) is 8.38. The fourth-order valence-corrected chi connectivity index (χ4v) is 4.90.